The van der Waals surface area contributed by atoms with E-state index in [1.54, 1.807) is 62.2 Å². The number of benzene rings is 2. The summed E-state index contributed by atoms with van der Waals surface area (Å²) >= 11 is 9.50. The van der Waals surface area contributed by atoms with Crippen LogP contribution in [0.4, 0.5) is 5.69 Å². The van der Waals surface area contributed by atoms with Crippen molar-refractivity contribution in [2.75, 3.05) is 90.4 Å². The van der Waals surface area contributed by atoms with Crippen molar-refractivity contribution in [3.05, 3.63) is 65.7 Å². The van der Waals surface area contributed by atoms with Crippen LogP contribution in [0.1, 0.15) is 103 Å². The fourth-order valence-corrected chi connectivity index (χ4v) is 17.1. The fraction of sp³-hybridized carbons (Fsp3) is 0.687. The number of aliphatic hydroxyl groups is 3. The number of carbonyl (C=O) groups is 9. The number of piperidine rings is 5. The zero-order chi connectivity index (χ0) is 67.8. The molecule has 2 aromatic rings. The molecule has 18 atom stereocenters. The number of thioether (sulfide) groups is 2. The van der Waals surface area contributed by atoms with Gasteiger partial charge in [-0.05, 0) is 107 Å². The van der Waals surface area contributed by atoms with Crippen molar-refractivity contribution in [2.45, 2.75) is 181 Å². The molecule has 10 rings (SSSR count). The monoisotopic (exact) mass is 1360 g/mol. The Bertz CT molecular complexity index is 3000. The average Bonchev–Trinajstić information content (AvgIpc) is 1.05. The van der Waals surface area contributed by atoms with E-state index in [9.17, 15) is 44.1 Å². The number of aliphatic hydroxyl groups excluding tert-OH is 3. The number of amides is 7. The number of carbonyl (C=O) groups excluding carboxylic acids is 9. The topological polar surface area (TPSA) is 300 Å². The number of hydrogen-bond donors (Lipinski definition) is 7. The first-order chi connectivity index (χ1) is 44.9. The zero-order valence-corrected chi connectivity index (χ0v) is 57.7. The van der Waals surface area contributed by atoms with E-state index in [1.807, 2.05) is 55.1 Å². The van der Waals surface area contributed by atoms with Gasteiger partial charge in [0.1, 0.15) is 71.9 Å². The van der Waals surface area contributed by atoms with Crippen LogP contribution in [0.3, 0.4) is 0 Å². The van der Waals surface area contributed by atoms with Gasteiger partial charge in [-0.2, -0.15) is 11.8 Å². The standard InChI is InChI=1S/C67H97ClN10O14S2/c1-9-39-29-43(60(84)71-53(37(3)68)59-57(82)56(81)58(83)67(92-59)93-8)33-76(32-39)28-24-52(80)70-54-38(4)91-66(90)55(42-15-12-11-13-16-42)72-61(85)48-31-50(79)44(36-94-51-35-75-26-22-41(51)23-27-75)34-78(48)65(89)49(30-40-18-20-45(21-19-40)73(5)6)74(7)64(88)47-17-14-25-77(47)63(87)46(10-2)69-62(54)86/h11-13,15-16,18-21,37-39,41,43-44,46-49,51,53-59,67,81-83H,9-10,14,17,22-36H2,1-8H3,(H,69,86)(H,70,80)(H,71,84)(H,72,85)/t37?,38-,39?,43?,44+,46-,47+,48+,49+,51?,53?,54+,55+,56-,57-,58?,59?,67-/m1/s1. The molecule has 0 saturated carbocycles. The predicted octanol–water partition coefficient (Wildman–Crippen LogP) is 1.93. The van der Waals surface area contributed by atoms with Crippen LogP contribution in [0, 0.1) is 23.7 Å². The molecule has 8 aliphatic heterocycles. The van der Waals surface area contributed by atoms with Crippen molar-refractivity contribution in [1.29, 1.82) is 0 Å². The minimum absolute atomic E-state index is 0.0111. The number of rotatable bonds is 18. The third-order valence-corrected chi connectivity index (χ3v) is 23.1. The van der Waals surface area contributed by atoms with E-state index in [0.29, 0.717) is 48.3 Å². The number of nitrogens with one attached hydrogen (secondary N) is 4. The van der Waals surface area contributed by atoms with Gasteiger partial charge in [0.05, 0.1) is 17.3 Å². The number of hydrogen-bond acceptors (Lipinski definition) is 19. The lowest BCUT2D eigenvalue weighted by Crippen LogP contribution is -2.65. The van der Waals surface area contributed by atoms with Gasteiger partial charge in [-0.15, -0.1) is 23.4 Å². The number of halogens is 1. The van der Waals surface area contributed by atoms with Crippen molar-refractivity contribution >= 4 is 93.9 Å². The summed E-state index contributed by atoms with van der Waals surface area (Å²) in [6.07, 6.45) is -1.92. The van der Waals surface area contributed by atoms with Gasteiger partial charge in [-0.25, -0.2) is 4.79 Å². The van der Waals surface area contributed by atoms with Crippen LogP contribution in [-0.4, -0.2) is 261 Å². The lowest BCUT2D eigenvalue weighted by atomic mass is 9.86. The third kappa shape index (κ3) is 17.0. The number of fused-ring (bicyclic) bond motifs is 5. The summed E-state index contributed by atoms with van der Waals surface area (Å²) in [6.45, 7) is 10.6. The van der Waals surface area contributed by atoms with Crippen LogP contribution in [0.5, 0.6) is 0 Å². The highest BCUT2D eigenvalue weighted by molar-refractivity contribution is 8.00. The molecule has 0 spiro atoms. The number of cyclic esters (lactones) is 1. The Labute approximate surface area is 565 Å². The molecule has 2 bridgehead atoms. The highest BCUT2D eigenvalue weighted by Gasteiger charge is 2.51. The first-order valence-corrected chi connectivity index (χ1v) is 36.2. The van der Waals surface area contributed by atoms with E-state index in [2.05, 4.69) is 26.2 Å². The summed E-state index contributed by atoms with van der Waals surface area (Å²) in [6, 6.07) is 6.63. The average molecular weight is 1370 g/mol. The molecule has 7 unspecified atom stereocenters. The van der Waals surface area contributed by atoms with Crippen LogP contribution < -0.4 is 26.2 Å². The summed E-state index contributed by atoms with van der Waals surface area (Å²) in [5.74, 6) is -6.00. The molecular weight excluding hydrogens is 1270 g/mol. The second-order valence-corrected chi connectivity index (χ2v) is 29.8. The van der Waals surface area contributed by atoms with Crippen LogP contribution >= 0.6 is 35.1 Å². The Morgan fingerprint density at radius 1 is 0.819 bits per heavy atom. The lowest BCUT2D eigenvalue weighted by molar-refractivity contribution is -0.205. The molecule has 94 heavy (non-hydrogen) atoms. The summed E-state index contributed by atoms with van der Waals surface area (Å²) < 4.78 is 12.2. The van der Waals surface area contributed by atoms with Crippen LogP contribution in [-0.2, 0) is 59.0 Å². The minimum atomic E-state index is -1.64. The summed E-state index contributed by atoms with van der Waals surface area (Å²) in [7, 11) is 5.33. The SMILES string of the molecule is CCC1CC(C(=O)NC(C(C)Cl)C2O[C@H](SC)C(O)[C@H](O)[C@H]2O)CN(CCC(=O)N[C@@H]2C(=O)N[C@H](CC)C(=O)N3CCC[C@H]3C(=O)N(C)[C@@H](Cc3ccc(N(C)C)cc3)C(=O)N3C[C@@H](CSC4CN5CCC4CC5)C(=O)C[C@H]3C(=O)N[C@@H](c3ccccc3)C(=O)O[C@@H]2C)C1. The molecule has 7 amide bonds. The van der Waals surface area contributed by atoms with Gasteiger partial charge >= 0.3 is 5.97 Å². The molecule has 8 fully saturated rings. The molecule has 8 aliphatic rings. The molecule has 0 aliphatic carbocycles. The van der Waals surface area contributed by atoms with Gasteiger partial charge in [-0.3, -0.25) is 38.4 Å². The number of ether oxygens (including phenoxy) is 2. The molecule has 518 valence electrons. The van der Waals surface area contributed by atoms with E-state index in [0.717, 1.165) is 49.9 Å². The van der Waals surface area contributed by atoms with E-state index in [4.69, 9.17) is 21.1 Å². The molecule has 0 aromatic heterocycles. The zero-order valence-electron chi connectivity index (χ0n) is 55.3. The van der Waals surface area contributed by atoms with Crippen LogP contribution in [0.25, 0.3) is 0 Å². The minimum Gasteiger partial charge on any atom is -0.458 e. The number of ketones is 1. The van der Waals surface area contributed by atoms with Gasteiger partial charge in [0, 0.05) is 102 Å². The van der Waals surface area contributed by atoms with E-state index in [1.165, 1.54) is 28.7 Å². The summed E-state index contributed by atoms with van der Waals surface area (Å²) in [5, 5.41) is 43.2. The molecule has 24 nitrogen and oxygen atoms in total. The van der Waals surface area contributed by atoms with Crippen LogP contribution in [0.2, 0.25) is 0 Å². The molecule has 0 radical (unpaired) electrons. The Hall–Kier alpha value is -5.58. The third-order valence-electron chi connectivity index (χ3n) is 20.4. The van der Waals surface area contributed by atoms with E-state index >= 15 is 14.4 Å². The number of likely N-dealkylation sites (tertiary alicyclic amines) is 1. The molecule has 8 heterocycles. The van der Waals surface area contributed by atoms with E-state index < -0.39 is 137 Å². The summed E-state index contributed by atoms with van der Waals surface area (Å²) in [4.78, 5) is 145. The Balaban J connectivity index is 0.994. The van der Waals surface area contributed by atoms with Crippen molar-refractivity contribution in [2.24, 2.45) is 23.7 Å². The number of nitrogens with zero attached hydrogens (tertiary/aromatic N) is 6. The van der Waals surface area contributed by atoms with E-state index in [-0.39, 0.29) is 81.5 Å². The maximum atomic E-state index is 15.9. The quantitative estimate of drug-likeness (QED) is 0.0829. The lowest BCUT2D eigenvalue weighted by Gasteiger charge is -2.45. The maximum absolute atomic E-state index is 15.9. The number of anilines is 1. The highest BCUT2D eigenvalue weighted by atomic mass is 35.5. The number of Topliss-reactive ketones (excluding diaryl/α,β-unsaturated/α-hetero) is 1. The predicted molar refractivity (Wildman–Crippen MR) is 357 cm³/mol. The highest BCUT2D eigenvalue weighted by Crippen LogP contribution is 2.38. The fourth-order valence-electron chi connectivity index (χ4n) is 14.6. The van der Waals surface area contributed by atoms with Gasteiger partial charge in [-0.1, -0.05) is 62.7 Å². The Morgan fingerprint density at radius 3 is 2.17 bits per heavy atom. The second-order valence-electron chi connectivity index (χ2n) is 26.9. The Morgan fingerprint density at radius 2 is 1.53 bits per heavy atom. The number of esters is 1. The molecular formula is C67H97ClN10O14S2. The number of likely N-dealkylation sites (N-methyl/N-ethyl adjacent to an activating group) is 1. The molecule has 8 saturated heterocycles. The second kappa shape index (κ2) is 32.6. The first-order valence-electron chi connectivity index (χ1n) is 33.4. The van der Waals surface area contributed by atoms with Gasteiger partial charge < -0.3 is 75.5 Å². The maximum Gasteiger partial charge on any atom is 0.333 e. The van der Waals surface area contributed by atoms with Crippen LogP contribution in [0.15, 0.2) is 54.6 Å². The van der Waals surface area contributed by atoms with Crippen molar-refractivity contribution in [3.63, 3.8) is 0 Å². The molecule has 7 N–H and O–H groups in total. The van der Waals surface area contributed by atoms with Gasteiger partial charge in [0.2, 0.25) is 41.4 Å². The first kappa shape index (κ1) is 72.7. The van der Waals surface area contributed by atoms with Crippen molar-refractivity contribution in [1.82, 2.24) is 45.8 Å². The Kier molecular flexibility index (Phi) is 25.2. The smallest absolute Gasteiger partial charge is 0.333 e. The molecule has 27 heteroatoms. The van der Waals surface area contributed by atoms with Crippen molar-refractivity contribution < 1.29 is 67.9 Å². The molecule has 2 aromatic carbocycles. The van der Waals surface area contributed by atoms with Crippen molar-refractivity contribution in [3.8, 4) is 0 Å². The number of alkyl halides is 1. The van der Waals surface area contributed by atoms with Gasteiger partial charge in [0.25, 0.3) is 0 Å². The normalized spacial score (nSPS) is 34.0. The summed E-state index contributed by atoms with van der Waals surface area (Å²) in [5.41, 5.74) is 0.988. The van der Waals surface area contributed by atoms with Gasteiger partial charge in [0.15, 0.2) is 6.04 Å². The largest absolute Gasteiger partial charge is 0.458 e.